The van der Waals surface area contributed by atoms with Gasteiger partial charge in [0.15, 0.2) is 5.69 Å². The Labute approximate surface area is 135 Å². The van der Waals surface area contributed by atoms with Crippen LogP contribution in [0.2, 0.25) is 0 Å². The van der Waals surface area contributed by atoms with Gasteiger partial charge in [-0.3, -0.25) is 14.9 Å². The molecule has 8 nitrogen and oxygen atoms in total. The Hall–Kier alpha value is -3.55. The molecule has 0 spiro atoms. The van der Waals surface area contributed by atoms with E-state index in [1.54, 1.807) is 31.2 Å². The predicted octanol–water partition coefficient (Wildman–Crippen LogP) is 4.01. The highest BCUT2D eigenvalue weighted by atomic mass is 16.6. The molecule has 0 bridgehead atoms. The Morgan fingerprint density at radius 3 is 2.75 bits per heavy atom. The summed E-state index contributed by atoms with van der Waals surface area (Å²) in [5.74, 6) is -0.939. The first-order chi connectivity index (χ1) is 11.5. The zero-order valence-corrected chi connectivity index (χ0v) is 12.6. The molecule has 0 unspecified atom stereocenters. The van der Waals surface area contributed by atoms with Gasteiger partial charge in [-0.1, -0.05) is 24.3 Å². The van der Waals surface area contributed by atoms with Crippen molar-refractivity contribution in [3.8, 4) is 5.88 Å². The fourth-order valence-electron chi connectivity index (χ4n) is 2.31. The molecule has 1 heterocycles. The van der Waals surface area contributed by atoms with E-state index < -0.39 is 10.8 Å². The quantitative estimate of drug-likeness (QED) is 0.429. The van der Waals surface area contributed by atoms with Crippen LogP contribution < -0.4 is 0 Å². The lowest BCUT2D eigenvalue weighted by Gasteiger charge is -1.99. The number of hydrogen-bond donors (Lipinski definition) is 2. The van der Waals surface area contributed by atoms with Crippen molar-refractivity contribution >= 4 is 28.2 Å². The van der Waals surface area contributed by atoms with Crippen LogP contribution in [0.4, 0.5) is 11.4 Å². The van der Waals surface area contributed by atoms with Crippen LogP contribution in [0, 0.1) is 17.0 Å². The van der Waals surface area contributed by atoms with Crippen LogP contribution in [-0.4, -0.2) is 20.9 Å². The number of carbonyl (C=O) groups is 1. The summed E-state index contributed by atoms with van der Waals surface area (Å²) in [6.07, 6.45) is 0. The van der Waals surface area contributed by atoms with Gasteiger partial charge < -0.3 is 10.1 Å². The van der Waals surface area contributed by atoms with Gasteiger partial charge in [0.05, 0.1) is 16.0 Å². The van der Waals surface area contributed by atoms with Crippen LogP contribution in [0.5, 0.6) is 5.88 Å². The van der Waals surface area contributed by atoms with E-state index in [0.717, 1.165) is 6.07 Å². The molecule has 3 aromatic rings. The minimum atomic E-state index is -0.734. The van der Waals surface area contributed by atoms with Crippen LogP contribution in [0.3, 0.4) is 0 Å². The van der Waals surface area contributed by atoms with Gasteiger partial charge in [0.1, 0.15) is 0 Å². The second kappa shape index (κ2) is 5.92. The molecule has 0 fully saturated rings. The van der Waals surface area contributed by atoms with Crippen LogP contribution in [0.1, 0.15) is 15.9 Å². The summed E-state index contributed by atoms with van der Waals surface area (Å²) in [5, 5.41) is 28.8. The molecule has 0 saturated heterocycles. The maximum atomic E-state index is 12.1. The van der Waals surface area contributed by atoms with Crippen molar-refractivity contribution in [2.24, 2.45) is 10.2 Å². The number of fused-ring (bicyclic) bond motifs is 1. The van der Waals surface area contributed by atoms with Gasteiger partial charge in [0, 0.05) is 17.0 Å². The highest BCUT2D eigenvalue weighted by Gasteiger charge is 2.15. The van der Waals surface area contributed by atoms with Crippen molar-refractivity contribution < 1.29 is 14.8 Å². The normalized spacial score (nSPS) is 11.2. The van der Waals surface area contributed by atoms with E-state index in [2.05, 4.69) is 15.2 Å². The molecule has 0 radical (unpaired) electrons. The number of para-hydroxylation sites is 1. The minimum Gasteiger partial charge on any atom is -0.493 e. The molecule has 0 aliphatic heterocycles. The van der Waals surface area contributed by atoms with Crippen molar-refractivity contribution in [3.63, 3.8) is 0 Å². The molecule has 24 heavy (non-hydrogen) atoms. The first kappa shape index (κ1) is 15.3. The van der Waals surface area contributed by atoms with Gasteiger partial charge in [0.2, 0.25) is 5.88 Å². The zero-order valence-electron chi connectivity index (χ0n) is 12.6. The Morgan fingerprint density at radius 1 is 1.25 bits per heavy atom. The third-order valence-electron chi connectivity index (χ3n) is 3.55. The summed E-state index contributed by atoms with van der Waals surface area (Å²) in [6.45, 7) is 1.58. The van der Waals surface area contributed by atoms with Crippen molar-refractivity contribution in [1.82, 2.24) is 4.98 Å². The number of benzene rings is 2. The number of aromatic nitrogens is 1. The number of nitrogens with one attached hydrogen (secondary N) is 1. The van der Waals surface area contributed by atoms with E-state index in [0.29, 0.717) is 16.5 Å². The number of nitro benzene ring substituents is 1. The van der Waals surface area contributed by atoms with Gasteiger partial charge in [0.25, 0.3) is 11.6 Å². The second-order valence-corrected chi connectivity index (χ2v) is 5.13. The van der Waals surface area contributed by atoms with Crippen molar-refractivity contribution in [3.05, 3.63) is 63.7 Å². The van der Waals surface area contributed by atoms with Crippen molar-refractivity contribution in [2.75, 3.05) is 0 Å². The average Bonchev–Trinajstić information content (AvgIpc) is 2.88. The summed E-state index contributed by atoms with van der Waals surface area (Å²) < 4.78 is 0. The Morgan fingerprint density at radius 2 is 2.00 bits per heavy atom. The maximum Gasteiger partial charge on any atom is 0.295 e. The Bertz CT molecular complexity index is 991. The number of aromatic amines is 1. The van der Waals surface area contributed by atoms with Crippen LogP contribution >= 0.6 is 0 Å². The summed E-state index contributed by atoms with van der Waals surface area (Å²) >= 11 is 0. The van der Waals surface area contributed by atoms with E-state index in [-0.39, 0.29) is 22.8 Å². The topological polar surface area (TPSA) is 121 Å². The monoisotopic (exact) mass is 324 g/mol. The highest BCUT2D eigenvalue weighted by Crippen LogP contribution is 2.35. The summed E-state index contributed by atoms with van der Waals surface area (Å²) in [5.41, 5.74) is 1.13. The van der Waals surface area contributed by atoms with Gasteiger partial charge in [-0.05, 0) is 19.1 Å². The van der Waals surface area contributed by atoms with Gasteiger partial charge >= 0.3 is 0 Å². The van der Waals surface area contributed by atoms with Gasteiger partial charge in [-0.15, -0.1) is 10.2 Å². The number of azo groups is 1. The van der Waals surface area contributed by atoms with Gasteiger partial charge in [-0.2, -0.15) is 0 Å². The zero-order chi connectivity index (χ0) is 17.3. The SMILES string of the molecule is Cc1ccc(C(=O)N=Nc2c(O)[nH]c3ccccc23)cc1[N+](=O)[O-]. The number of aryl methyl sites for hydroxylation is 1. The number of carbonyl (C=O) groups excluding carboxylic acids is 1. The van der Waals surface area contributed by atoms with Crippen LogP contribution in [0.25, 0.3) is 10.9 Å². The van der Waals surface area contributed by atoms with E-state index in [4.69, 9.17) is 0 Å². The maximum absolute atomic E-state index is 12.1. The number of amides is 1. The Balaban J connectivity index is 1.94. The van der Waals surface area contributed by atoms with Gasteiger partial charge in [-0.25, -0.2) is 0 Å². The third kappa shape index (κ3) is 2.72. The smallest absolute Gasteiger partial charge is 0.295 e. The van der Waals surface area contributed by atoms with E-state index in [9.17, 15) is 20.0 Å². The molecule has 0 saturated carbocycles. The second-order valence-electron chi connectivity index (χ2n) is 5.13. The highest BCUT2D eigenvalue weighted by molar-refractivity contribution is 5.97. The first-order valence-corrected chi connectivity index (χ1v) is 6.98. The number of hydrogen-bond acceptors (Lipinski definition) is 5. The van der Waals surface area contributed by atoms with E-state index in [1.165, 1.54) is 12.1 Å². The third-order valence-corrected chi connectivity index (χ3v) is 3.55. The van der Waals surface area contributed by atoms with E-state index in [1.807, 2.05) is 0 Å². The standard InChI is InChI=1S/C16H12N4O4/c1-9-6-7-10(8-13(9)20(23)24)15(21)19-18-14-11-4-2-3-5-12(11)17-16(14)22/h2-8,17,22H,1H3. The molecule has 1 amide bonds. The first-order valence-electron chi connectivity index (χ1n) is 6.98. The lowest BCUT2D eigenvalue weighted by Crippen LogP contribution is -1.98. The van der Waals surface area contributed by atoms with Crippen molar-refractivity contribution in [1.29, 1.82) is 0 Å². The van der Waals surface area contributed by atoms with Crippen LogP contribution in [0.15, 0.2) is 52.7 Å². The lowest BCUT2D eigenvalue weighted by molar-refractivity contribution is -0.385. The number of aromatic hydroxyl groups is 1. The molecule has 8 heteroatoms. The molecular weight excluding hydrogens is 312 g/mol. The predicted molar refractivity (Wildman–Crippen MR) is 86.6 cm³/mol. The summed E-state index contributed by atoms with van der Waals surface area (Å²) in [6, 6.07) is 11.1. The molecule has 0 aliphatic carbocycles. The molecule has 1 aromatic heterocycles. The van der Waals surface area contributed by atoms with Crippen molar-refractivity contribution in [2.45, 2.75) is 6.92 Å². The molecule has 3 rings (SSSR count). The molecule has 2 aromatic carbocycles. The summed E-state index contributed by atoms with van der Waals surface area (Å²) in [7, 11) is 0. The largest absolute Gasteiger partial charge is 0.493 e. The van der Waals surface area contributed by atoms with Crippen LogP contribution in [-0.2, 0) is 0 Å². The van der Waals surface area contributed by atoms with E-state index >= 15 is 0 Å². The number of rotatable bonds is 3. The molecule has 0 atom stereocenters. The number of nitrogens with zero attached hydrogens (tertiary/aromatic N) is 3. The average molecular weight is 324 g/mol. The molecule has 120 valence electrons. The Kier molecular flexibility index (Phi) is 3.78. The lowest BCUT2D eigenvalue weighted by atomic mass is 10.1. The molecule has 2 N–H and O–H groups in total. The summed E-state index contributed by atoms with van der Waals surface area (Å²) in [4.78, 5) is 25.2. The molecule has 0 aliphatic rings. The molecular formula is C16H12N4O4. The fourth-order valence-corrected chi connectivity index (χ4v) is 2.31. The minimum absolute atomic E-state index is 0.0513. The number of nitro groups is 1. The number of H-pyrrole nitrogens is 1. The fraction of sp³-hybridized carbons (Fsp3) is 0.0625.